The molecule has 3 nitrogen and oxygen atoms in total. The number of hydrogen-bond donors (Lipinski definition) is 1. The number of amides is 1. The van der Waals surface area contributed by atoms with Crippen LogP contribution in [0, 0.1) is 0 Å². The molecule has 1 amide bonds. The van der Waals surface area contributed by atoms with E-state index in [1.807, 2.05) is 11.8 Å². The van der Waals surface area contributed by atoms with E-state index in [2.05, 4.69) is 5.32 Å². The zero-order valence-corrected chi connectivity index (χ0v) is 11.9. The number of nitrogens with zero attached hydrogens (tertiary/aromatic N) is 1. The van der Waals surface area contributed by atoms with Gasteiger partial charge in [-0.3, -0.25) is 4.79 Å². The summed E-state index contributed by atoms with van der Waals surface area (Å²) >= 11 is 0. The van der Waals surface area contributed by atoms with Crippen molar-refractivity contribution in [3.05, 3.63) is 35.4 Å². The molecule has 1 N–H and O–H groups in total. The van der Waals surface area contributed by atoms with Crippen LogP contribution in [0.2, 0.25) is 0 Å². The standard InChI is InChI=1S/C15H19F3N2O/c1-11(19-8-10-20-9-2-3-14(20)21)12-4-6-13(7-5-12)15(16,17)18/h4-7,11,19H,2-3,8-10H2,1H3/t11-/m1/s1. The Labute approximate surface area is 122 Å². The summed E-state index contributed by atoms with van der Waals surface area (Å²) in [6.45, 7) is 3.97. The lowest BCUT2D eigenvalue weighted by atomic mass is 10.1. The Balaban J connectivity index is 1.83. The van der Waals surface area contributed by atoms with Crippen LogP contribution in [0.3, 0.4) is 0 Å². The molecule has 6 heteroatoms. The van der Waals surface area contributed by atoms with Crippen LogP contribution >= 0.6 is 0 Å². The molecule has 1 fully saturated rings. The lowest BCUT2D eigenvalue weighted by Crippen LogP contribution is -2.33. The molecule has 1 aromatic rings. The van der Waals surface area contributed by atoms with Gasteiger partial charge in [0.25, 0.3) is 0 Å². The van der Waals surface area contributed by atoms with Crippen LogP contribution in [0.25, 0.3) is 0 Å². The van der Waals surface area contributed by atoms with Crippen LogP contribution in [0.4, 0.5) is 13.2 Å². The average molecular weight is 300 g/mol. The minimum atomic E-state index is -4.30. The lowest BCUT2D eigenvalue weighted by Gasteiger charge is -2.19. The van der Waals surface area contributed by atoms with Crippen molar-refractivity contribution in [3.63, 3.8) is 0 Å². The van der Waals surface area contributed by atoms with Gasteiger partial charge < -0.3 is 10.2 Å². The van der Waals surface area contributed by atoms with Gasteiger partial charge in [-0.25, -0.2) is 0 Å². The summed E-state index contributed by atoms with van der Waals surface area (Å²) in [5.74, 6) is 0.180. The molecule has 0 radical (unpaired) electrons. The summed E-state index contributed by atoms with van der Waals surface area (Å²) in [4.78, 5) is 13.3. The number of benzene rings is 1. The molecule has 0 aromatic heterocycles. The van der Waals surface area contributed by atoms with E-state index in [-0.39, 0.29) is 11.9 Å². The van der Waals surface area contributed by atoms with E-state index in [1.165, 1.54) is 12.1 Å². The first-order valence-corrected chi connectivity index (χ1v) is 7.06. The van der Waals surface area contributed by atoms with Gasteiger partial charge in [-0.1, -0.05) is 12.1 Å². The molecule has 116 valence electrons. The van der Waals surface area contributed by atoms with Gasteiger partial charge in [0.2, 0.25) is 5.91 Å². The van der Waals surface area contributed by atoms with Crippen LogP contribution in [-0.4, -0.2) is 30.4 Å². The molecule has 0 bridgehead atoms. The second-order valence-corrected chi connectivity index (χ2v) is 5.28. The van der Waals surface area contributed by atoms with Gasteiger partial charge in [0.1, 0.15) is 0 Å². The summed E-state index contributed by atoms with van der Waals surface area (Å²) < 4.78 is 37.4. The summed E-state index contributed by atoms with van der Waals surface area (Å²) in [5, 5.41) is 3.23. The van der Waals surface area contributed by atoms with Gasteiger partial charge in [-0.2, -0.15) is 13.2 Å². The Bertz CT molecular complexity index is 485. The SMILES string of the molecule is C[C@@H](NCCN1CCCC1=O)c1ccc(C(F)(F)F)cc1. The van der Waals surface area contributed by atoms with Crippen LogP contribution in [0.15, 0.2) is 24.3 Å². The first-order chi connectivity index (χ1) is 9.88. The molecule has 0 saturated carbocycles. The fourth-order valence-corrected chi connectivity index (χ4v) is 2.44. The number of halogens is 3. The average Bonchev–Trinajstić information content (AvgIpc) is 2.83. The van der Waals surface area contributed by atoms with E-state index >= 15 is 0 Å². The Morgan fingerprint density at radius 2 is 1.95 bits per heavy atom. The third kappa shape index (κ3) is 4.20. The molecular weight excluding hydrogens is 281 g/mol. The van der Waals surface area contributed by atoms with E-state index in [9.17, 15) is 18.0 Å². The molecule has 1 heterocycles. The number of carbonyl (C=O) groups is 1. The van der Waals surface area contributed by atoms with Gasteiger partial charge >= 0.3 is 6.18 Å². The number of likely N-dealkylation sites (tertiary alicyclic amines) is 1. The van der Waals surface area contributed by atoms with E-state index in [0.29, 0.717) is 19.5 Å². The van der Waals surface area contributed by atoms with E-state index in [0.717, 1.165) is 30.7 Å². The van der Waals surface area contributed by atoms with Crippen LogP contribution in [0.5, 0.6) is 0 Å². The topological polar surface area (TPSA) is 32.3 Å². The molecule has 1 atom stereocenters. The highest BCUT2D eigenvalue weighted by Gasteiger charge is 2.30. The highest BCUT2D eigenvalue weighted by molar-refractivity contribution is 5.78. The van der Waals surface area contributed by atoms with Gasteiger partial charge in [0.15, 0.2) is 0 Å². The summed E-state index contributed by atoms with van der Waals surface area (Å²) in [6, 6.07) is 5.11. The minimum Gasteiger partial charge on any atom is -0.341 e. The zero-order chi connectivity index (χ0) is 15.5. The Hall–Kier alpha value is -1.56. The Morgan fingerprint density at radius 3 is 2.48 bits per heavy atom. The molecule has 21 heavy (non-hydrogen) atoms. The molecule has 0 aliphatic carbocycles. The first kappa shape index (κ1) is 15.8. The van der Waals surface area contributed by atoms with Crippen LogP contribution < -0.4 is 5.32 Å². The van der Waals surface area contributed by atoms with Crippen molar-refractivity contribution in [2.24, 2.45) is 0 Å². The van der Waals surface area contributed by atoms with Crippen molar-refractivity contribution in [3.8, 4) is 0 Å². The number of alkyl halides is 3. The molecule has 2 rings (SSSR count). The number of nitrogens with one attached hydrogen (secondary N) is 1. The molecule has 1 saturated heterocycles. The molecule has 1 aromatic carbocycles. The fraction of sp³-hybridized carbons (Fsp3) is 0.533. The summed E-state index contributed by atoms with van der Waals surface area (Å²) in [6.07, 6.45) is -2.77. The quantitative estimate of drug-likeness (QED) is 0.906. The fourth-order valence-electron chi connectivity index (χ4n) is 2.44. The predicted octanol–water partition coefficient (Wildman–Crippen LogP) is 2.98. The maximum Gasteiger partial charge on any atom is 0.416 e. The van der Waals surface area contributed by atoms with Crippen molar-refractivity contribution in [1.82, 2.24) is 10.2 Å². The molecular formula is C15H19F3N2O. The highest BCUT2D eigenvalue weighted by atomic mass is 19.4. The smallest absolute Gasteiger partial charge is 0.341 e. The van der Waals surface area contributed by atoms with E-state index < -0.39 is 11.7 Å². The van der Waals surface area contributed by atoms with E-state index in [1.54, 1.807) is 0 Å². The highest BCUT2D eigenvalue weighted by Crippen LogP contribution is 2.29. The van der Waals surface area contributed by atoms with Crippen molar-refractivity contribution in [2.75, 3.05) is 19.6 Å². The summed E-state index contributed by atoms with van der Waals surface area (Å²) in [5.41, 5.74) is 0.164. The van der Waals surface area contributed by atoms with E-state index in [4.69, 9.17) is 0 Å². The largest absolute Gasteiger partial charge is 0.416 e. The number of hydrogen-bond acceptors (Lipinski definition) is 2. The van der Waals surface area contributed by atoms with Gasteiger partial charge in [-0.05, 0) is 31.0 Å². The van der Waals surface area contributed by atoms with Crippen molar-refractivity contribution in [2.45, 2.75) is 32.0 Å². The van der Waals surface area contributed by atoms with Crippen LogP contribution in [0.1, 0.15) is 36.9 Å². The predicted molar refractivity (Wildman–Crippen MR) is 73.7 cm³/mol. The van der Waals surface area contributed by atoms with Crippen molar-refractivity contribution in [1.29, 1.82) is 0 Å². The Morgan fingerprint density at radius 1 is 1.29 bits per heavy atom. The van der Waals surface area contributed by atoms with Crippen LogP contribution in [-0.2, 0) is 11.0 Å². The number of rotatable bonds is 5. The summed E-state index contributed by atoms with van der Waals surface area (Å²) in [7, 11) is 0. The van der Waals surface area contributed by atoms with Crippen molar-refractivity contribution >= 4 is 5.91 Å². The maximum atomic E-state index is 12.5. The van der Waals surface area contributed by atoms with Crippen molar-refractivity contribution < 1.29 is 18.0 Å². The van der Waals surface area contributed by atoms with Gasteiger partial charge in [0.05, 0.1) is 5.56 Å². The third-order valence-electron chi connectivity index (χ3n) is 3.74. The number of carbonyl (C=O) groups excluding carboxylic acids is 1. The molecule has 1 aliphatic rings. The Kier molecular flexibility index (Phi) is 4.88. The second-order valence-electron chi connectivity index (χ2n) is 5.28. The normalized spacial score (nSPS) is 17.3. The third-order valence-corrected chi connectivity index (χ3v) is 3.74. The zero-order valence-electron chi connectivity index (χ0n) is 11.9. The maximum absolute atomic E-state index is 12.5. The van der Waals surface area contributed by atoms with Gasteiger partial charge in [0, 0.05) is 32.1 Å². The monoisotopic (exact) mass is 300 g/mol. The molecule has 0 unspecified atom stereocenters. The second kappa shape index (κ2) is 6.47. The molecule has 1 aliphatic heterocycles. The molecule has 0 spiro atoms. The van der Waals surface area contributed by atoms with Gasteiger partial charge in [-0.15, -0.1) is 0 Å². The minimum absolute atomic E-state index is 0.0509. The lowest BCUT2D eigenvalue weighted by molar-refractivity contribution is -0.137. The first-order valence-electron chi connectivity index (χ1n) is 7.06.